The minimum atomic E-state index is -0.265. The van der Waals surface area contributed by atoms with E-state index in [4.69, 9.17) is 0 Å². The second-order valence-electron chi connectivity index (χ2n) is 12.1. The summed E-state index contributed by atoms with van der Waals surface area (Å²) in [6, 6.07) is 15.6. The zero-order valence-electron chi connectivity index (χ0n) is 21.8. The van der Waals surface area contributed by atoms with Crippen LogP contribution in [0.1, 0.15) is 51.0 Å². The molecule has 7 nitrogen and oxygen atoms in total. The van der Waals surface area contributed by atoms with Crippen LogP contribution < -0.4 is 10.2 Å². The van der Waals surface area contributed by atoms with Gasteiger partial charge in [0.05, 0.1) is 11.3 Å². The summed E-state index contributed by atoms with van der Waals surface area (Å²) in [5, 5.41) is 15.6. The number of nitro groups is 1. The number of rotatable bonds is 7. The smallest absolute Gasteiger partial charge is 0.292 e. The van der Waals surface area contributed by atoms with Crippen LogP contribution in [0.25, 0.3) is 0 Å². The highest BCUT2D eigenvalue weighted by atomic mass is 16.6. The number of carbonyl (C=O) groups excluding carboxylic acids is 1. The van der Waals surface area contributed by atoms with Crippen molar-refractivity contribution in [2.75, 3.05) is 36.4 Å². The molecule has 4 saturated carbocycles. The molecule has 2 aromatic rings. The van der Waals surface area contributed by atoms with E-state index >= 15 is 0 Å². The van der Waals surface area contributed by atoms with E-state index in [0.29, 0.717) is 25.2 Å². The van der Waals surface area contributed by atoms with Gasteiger partial charge in [0, 0.05) is 44.0 Å². The zero-order chi connectivity index (χ0) is 25.6. The summed E-state index contributed by atoms with van der Waals surface area (Å²) in [7, 11) is 0. The van der Waals surface area contributed by atoms with E-state index < -0.39 is 0 Å². The lowest BCUT2D eigenvalue weighted by molar-refractivity contribution is -0.384. The van der Waals surface area contributed by atoms with Gasteiger partial charge in [0.2, 0.25) is 5.91 Å². The van der Waals surface area contributed by atoms with Crippen LogP contribution in [0.2, 0.25) is 0 Å². The van der Waals surface area contributed by atoms with E-state index in [1.54, 1.807) is 6.07 Å². The maximum atomic E-state index is 12.8. The van der Waals surface area contributed by atoms with E-state index in [0.717, 1.165) is 42.1 Å². The number of nitro benzene ring substituents is 1. The van der Waals surface area contributed by atoms with Crippen LogP contribution in [0.5, 0.6) is 0 Å². The third-order valence-electron chi connectivity index (χ3n) is 9.75. The zero-order valence-corrected chi connectivity index (χ0v) is 21.8. The molecule has 1 heterocycles. The highest BCUT2D eigenvalue weighted by Gasteiger charge is 2.53. The molecule has 196 valence electrons. The normalized spacial score (nSPS) is 29.3. The van der Waals surface area contributed by atoms with E-state index in [-0.39, 0.29) is 28.0 Å². The number of carbonyl (C=O) groups is 1. The molecule has 37 heavy (non-hydrogen) atoms. The van der Waals surface area contributed by atoms with Crippen LogP contribution in [-0.4, -0.2) is 48.0 Å². The predicted molar refractivity (Wildman–Crippen MR) is 146 cm³/mol. The quantitative estimate of drug-likeness (QED) is 0.399. The van der Waals surface area contributed by atoms with Crippen molar-refractivity contribution in [3.05, 3.63) is 64.2 Å². The van der Waals surface area contributed by atoms with Crippen LogP contribution >= 0.6 is 0 Å². The lowest BCUT2D eigenvalue weighted by Gasteiger charge is -2.59. The summed E-state index contributed by atoms with van der Waals surface area (Å²) in [6.45, 7) is 5.02. The van der Waals surface area contributed by atoms with Gasteiger partial charge in [-0.25, -0.2) is 0 Å². The molecule has 2 aromatic carbocycles. The van der Waals surface area contributed by atoms with Gasteiger partial charge in [-0.2, -0.15) is 0 Å². The Morgan fingerprint density at radius 2 is 1.62 bits per heavy atom. The Labute approximate surface area is 219 Å². The number of nitrogens with one attached hydrogen (secondary N) is 1. The Balaban J connectivity index is 1.14. The molecule has 7 rings (SSSR count). The molecule has 0 spiro atoms. The molecule has 5 fully saturated rings. The second kappa shape index (κ2) is 9.66. The van der Waals surface area contributed by atoms with E-state index in [1.807, 2.05) is 47.4 Å². The molecule has 1 aliphatic heterocycles. The van der Waals surface area contributed by atoms with Crippen molar-refractivity contribution >= 4 is 23.0 Å². The standard InChI is InChI=1S/C30H38N4O3/c1-21(30-18-23-13-24(19-30)15-25(14-23)20-30)31-27-17-26(7-8-28(27)34(36)37)32-9-11-33(12-10-32)29(35)16-22-5-3-2-4-6-22/h2-8,17,21,23-25,31H,9-16,18-20H2,1H3. The lowest BCUT2D eigenvalue weighted by atomic mass is 9.48. The number of anilines is 2. The summed E-state index contributed by atoms with van der Waals surface area (Å²) in [6.07, 6.45) is 8.39. The number of hydrogen-bond acceptors (Lipinski definition) is 5. The van der Waals surface area contributed by atoms with Crippen molar-refractivity contribution in [1.29, 1.82) is 0 Å². The fraction of sp³-hybridized carbons (Fsp3) is 0.567. The van der Waals surface area contributed by atoms with Crippen LogP contribution in [0, 0.1) is 33.3 Å². The van der Waals surface area contributed by atoms with Crippen LogP contribution in [0.15, 0.2) is 48.5 Å². The molecule has 5 aliphatic rings. The maximum Gasteiger partial charge on any atom is 0.292 e. The van der Waals surface area contributed by atoms with Crippen LogP contribution in [-0.2, 0) is 11.2 Å². The third-order valence-corrected chi connectivity index (χ3v) is 9.75. The largest absolute Gasteiger partial charge is 0.376 e. The summed E-state index contributed by atoms with van der Waals surface area (Å²) in [4.78, 5) is 28.6. The summed E-state index contributed by atoms with van der Waals surface area (Å²) >= 11 is 0. The van der Waals surface area contributed by atoms with Gasteiger partial charge in [0.1, 0.15) is 5.69 Å². The summed E-state index contributed by atoms with van der Waals surface area (Å²) in [5.74, 6) is 2.69. The molecule has 4 aliphatic carbocycles. The second-order valence-corrected chi connectivity index (χ2v) is 12.1. The molecule has 1 atom stereocenters. The third kappa shape index (κ3) is 4.80. The molecule has 7 heteroatoms. The average molecular weight is 503 g/mol. The van der Waals surface area contributed by atoms with Gasteiger partial charge >= 0.3 is 0 Å². The molecular weight excluding hydrogens is 464 g/mol. The first kappa shape index (κ1) is 24.3. The fourth-order valence-corrected chi connectivity index (χ4v) is 8.19. The van der Waals surface area contributed by atoms with Gasteiger partial charge in [-0.3, -0.25) is 14.9 Å². The highest BCUT2D eigenvalue weighted by molar-refractivity contribution is 5.79. The molecular formula is C30H38N4O3. The first-order valence-corrected chi connectivity index (χ1v) is 14.0. The number of amides is 1. The van der Waals surface area contributed by atoms with Gasteiger partial charge < -0.3 is 15.1 Å². The first-order valence-electron chi connectivity index (χ1n) is 14.0. The van der Waals surface area contributed by atoms with Gasteiger partial charge in [-0.05, 0) is 86.3 Å². The lowest BCUT2D eigenvalue weighted by Crippen LogP contribution is -2.53. The van der Waals surface area contributed by atoms with E-state index in [9.17, 15) is 14.9 Å². The summed E-state index contributed by atoms with van der Waals surface area (Å²) in [5.41, 5.74) is 3.07. The Hall–Kier alpha value is -3.09. The molecule has 1 N–H and O–H groups in total. The Morgan fingerprint density at radius 1 is 1.00 bits per heavy atom. The molecule has 1 unspecified atom stereocenters. The minimum Gasteiger partial charge on any atom is -0.376 e. The van der Waals surface area contributed by atoms with E-state index in [2.05, 4.69) is 17.1 Å². The topological polar surface area (TPSA) is 78.7 Å². The van der Waals surface area contributed by atoms with Crippen molar-refractivity contribution < 1.29 is 9.72 Å². The van der Waals surface area contributed by atoms with Crippen molar-refractivity contribution in [2.24, 2.45) is 23.2 Å². The monoisotopic (exact) mass is 502 g/mol. The number of piperazine rings is 1. The van der Waals surface area contributed by atoms with Crippen molar-refractivity contribution in [2.45, 2.75) is 57.9 Å². The number of nitrogens with zero attached hydrogens (tertiary/aromatic N) is 3. The van der Waals surface area contributed by atoms with Gasteiger partial charge in [-0.15, -0.1) is 0 Å². The molecule has 1 saturated heterocycles. The fourth-order valence-electron chi connectivity index (χ4n) is 8.19. The van der Waals surface area contributed by atoms with Gasteiger partial charge in [0.25, 0.3) is 5.69 Å². The summed E-state index contributed by atoms with van der Waals surface area (Å²) < 4.78 is 0. The molecule has 0 radical (unpaired) electrons. The molecule has 1 amide bonds. The van der Waals surface area contributed by atoms with Crippen molar-refractivity contribution in [1.82, 2.24) is 4.90 Å². The van der Waals surface area contributed by atoms with Crippen molar-refractivity contribution in [3.63, 3.8) is 0 Å². The highest BCUT2D eigenvalue weighted by Crippen LogP contribution is 2.61. The van der Waals surface area contributed by atoms with E-state index in [1.165, 1.54) is 38.5 Å². The average Bonchev–Trinajstić information content (AvgIpc) is 2.88. The molecule has 4 bridgehead atoms. The van der Waals surface area contributed by atoms with Crippen molar-refractivity contribution in [3.8, 4) is 0 Å². The Kier molecular flexibility index (Phi) is 6.33. The maximum absolute atomic E-state index is 12.8. The minimum absolute atomic E-state index is 0.150. The van der Waals surface area contributed by atoms with Gasteiger partial charge in [0.15, 0.2) is 0 Å². The SMILES string of the molecule is CC(Nc1cc(N2CCN(C(=O)Cc3ccccc3)CC2)ccc1[N+](=O)[O-])C12CC3CC(CC(C3)C1)C2. The first-order chi connectivity index (χ1) is 17.9. The number of hydrogen-bond donors (Lipinski definition) is 1. The van der Waals surface area contributed by atoms with Crippen LogP contribution in [0.3, 0.4) is 0 Å². The Morgan fingerprint density at radius 3 is 2.22 bits per heavy atom. The van der Waals surface area contributed by atoms with Crippen LogP contribution in [0.4, 0.5) is 17.1 Å². The van der Waals surface area contributed by atoms with Gasteiger partial charge in [-0.1, -0.05) is 30.3 Å². The molecule has 0 aromatic heterocycles. The Bertz CT molecular complexity index is 1120. The number of benzene rings is 2. The predicted octanol–water partition coefficient (Wildman–Crippen LogP) is 5.50.